The fourth-order valence-electron chi connectivity index (χ4n) is 6.65. The van der Waals surface area contributed by atoms with Gasteiger partial charge in [-0.15, -0.1) is 10.2 Å². The Bertz CT molecular complexity index is 1530. The van der Waals surface area contributed by atoms with Gasteiger partial charge in [-0.3, -0.25) is 14.3 Å². The van der Waals surface area contributed by atoms with E-state index in [0.717, 1.165) is 55.0 Å². The molecule has 1 aliphatic carbocycles. The van der Waals surface area contributed by atoms with Gasteiger partial charge in [0.1, 0.15) is 11.4 Å². The number of fused-ring (bicyclic) bond motifs is 3. The Labute approximate surface area is 235 Å². The van der Waals surface area contributed by atoms with Crippen LogP contribution in [0.1, 0.15) is 24.2 Å². The number of hydrogen-bond donors (Lipinski definition) is 0. The molecule has 2 aromatic carbocycles. The van der Waals surface area contributed by atoms with E-state index in [-0.39, 0.29) is 17.1 Å². The van der Waals surface area contributed by atoms with Crippen LogP contribution in [-0.4, -0.2) is 83.4 Å². The fraction of sp³-hybridized carbons (Fsp3) is 0.464. The second-order valence-corrected chi connectivity index (χ2v) is 12.2. The summed E-state index contributed by atoms with van der Waals surface area (Å²) in [5.41, 5.74) is 1.81. The highest BCUT2D eigenvalue weighted by molar-refractivity contribution is 6.30. The zero-order valence-corrected chi connectivity index (χ0v) is 23.4. The Morgan fingerprint density at radius 3 is 2.38 bits per heavy atom. The van der Waals surface area contributed by atoms with Crippen LogP contribution in [0.15, 0.2) is 30.3 Å². The summed E-state index contributed by atoms with van der Waals surface area (Å²) < 4.78 is 35.5. The average molecular weight is 570 g/mol. The van der Waals surface area contributed by atoms with E-state index >= 15 is 0 Å². The highest BCUT2D eigenvalue weighted by Gasteiger charge is 2.57. The van der Waals surface area contributed by atoms with E-state index in [2.05, 4.69) is 24.6 Å². The first-order chi connectivity index (χ1) is 19.1. The summed E-state index contributed by atoms with van der Waals surface area (Å²) in [6, 6.07) is 8.13. The molecule has 0 N–H and O–H groups in total. The number of anilines is 2. The van der Waals surface area contributed by atoms with Crippen LogP contribution >= 0.6 is 11.6 Å². The Morgan fingerprint density at radius 1 is 0.975 bits per heavy atom. The number of methoxy groups -OCH3 is 1. The van der Waals surface area contributed by atoms with Crippen LogP contribution in [0.25, 0.3) is 5.69 Å². The molecule has 40 heavy (non-hydrogen) atoms. The summed E-state index contributed by atoms with van der Waals surface area (Å²) in [4.78, 5) is 21.2. The van der Waals surface area contributed by atoms with Gasteiger partial charge < -0.3 is 19.4 Å². The maximum atomic E-state index is 14.5. The molecule has 4 aliphatic rings. The first-order valence-corrected chi connectivity index (χ1v) is 13.7. The van der Waals surface area contributed by atoms with Crippen molar-refractivity contribution < 1.29 is 18.3 Å². The van der Waals surface area contributed by atoms with Crippen LogP contribution in [0.4, 0.5) is 20.4 Å². The van der Waals surface area contributed by atoms with Gasteiger partial charge in [-0.2, -0.15) is 0 Å². The number of ether oxygens (including phenoxy) is 1. The minimum Gasteiger partial charge on any atom is -0.494 e. The van der Waals surface area contributed by atoms with Crippen LogP contribution in [0.2, 0.25) is 5.02 Å². The summed E-state index contributed by atoms with van der Waals surface area (Å²) in [6.07, 6.45) is 1.62. The SMILES string of the molecule is COc1cc(N2CC3(C2)CN(c2nnc4n2-c2ccc(Cl)cc2CN(C2(C(=O)N(C)C)CC2)C4)C3)c(F)cc1F. The third kappa shape index (κ3) is 3.77. The molecule has 3 aliphatic heterocycles. The number of nitrogens with zero attached hydrogens (tertiary/aromatic N) is 7. The first-order valence-electron chi connectivity index (χ1n) is 13.4. The lowest BCUT2D eigenvalue weighted by molar-refractivity contribution is -0.136. The Hall–Kier alpha value is -3.44. The molecule has 3 aromatic rings. The second-order valence-electron chi connectivity index (χ2n) is 11.8. The maximum absolute atomic E-state index is 14.5. The van der Waals surface area contributed by atoms with Gasteiger partial charge in [0.25, 0.3) is 0 Å². The number of likely N-dealkylation sites (N-methyl/N-ethyl adjacent to an activating group) is 1. The van der Waals surface area contributed by atoms with Crippen molar-refractivity contribution in [3.05, 3.63) is 58.4 Å². The molecule has 210 valence electrons. The summed E-state index contributed by atoms with van der Waals surface area (Å²) in [5, 5.41) is 9.83. The first kappa shape index (κ1) is 25.5. The van der Waals surface area contributed by atoms with E-state index in [1.807, 2.05) is 23.1 Å². The predicted molar refractivity (Wildman–Crippen MR) is 146 cm³/mol. The third-order valence-corrected chi connectivity index (χ3v) is 9.01. The molecule has 3 fully saturated rings. The van der Waals surface area contributed by atoms with Crippen LogP contribution in [0, 0.1) is 17.0 Å². The van der Waals surface area contributed by atoms with Crippen LogP contribution in [0.3, 0.4) is 0 Å². The minimum atomic E-state index is -0.708. The van der Waals surface area contributed by atoms with E-state index in [1.165, 1.54) is 13.2 Å². The van der Waals surface area contributed by atoms with Gasteiger partial charge in [0.15, 0.2) is 17.4 Å². The number of carbonyl (C=O) groups excluding carboxylic acids is 1. The largest absolute Gasteiger partial charge is 0.494 e. The number of carbonyl (C=O) groups is 1. The molecule has 1 spiro atoms. The summed E-state index contributed by atoms with van der Waals surface area (Å²) >= 11 is 6.42. The van der Waals surface area contributed by atoms with Gasteiger partial charge in [-0.05, 0) is 36.6 Å². The van der Waals surface area contributed by atoms with Crippen molar-refractivity contribution in [3.8, 4) is 11.4 Å². The molecular weight excluding hydrogens is 540 g/mol. The van der Waals surface area contributed by atoms with Crippen molar-refractivity contribution in [1.82, 2.24) is 24.6 Å². The van der Waals surface area contributed by atoms with Crippen LogP contribution in [-0.2, 0) is 17.9 Å². The highest BCUT2D eigenvalue weighted by atomic mass is 35.5. The number of hydrogen-bond acceptors (Lipinski definition) is 7. The zero-order valence-electron chi connectivity index (χ0n) is 22.6. The molecule has 0 bridgehead atoms. The van der Waals surface area contributed by atoms with Gasteiger partial charge in [0, 0.05) is 69.4 Å². The molecule has 1 amide bonds. The number of rotatable bonds is 5. The predicted octanol–water partition coefficient (Wildman–Crippen LogP) is 3.47. The van der Waals surface area contributed by atoms with Crippen molar-refractivity contribution in [2.24, 2.45) is 5.41 Å². The number of aromatic nitrogens is 3. The molecule has 4 heterocycles. The van der Waals surface area contributed by atoms with E-state index in [9.17, 15) is 13.6 Å². The quantitative estimate of drug-likeness (QED) is 0.466. The zero-order chi connectivity index (χ0) is 28.0. The molecule has 2 saturated heterocycles. The van der Waals surface area contributed by atoms with Crippen LogP contribution < -0.4 is 14.5 Å². The van der Waals surface area contributed by atoms with Crippen molar-refractivity contribution in [2.45, 2.75) is 31.5 Å². The normalized spacial score (nSPS) is 20.2. The standard InChI is InChI=1S/C28H30ClF2N7O2/c1-34(2)25(39)28(6-7-28)37-11-17-8-18(29)4-5-21(17)38-24(12-37)32-33-26(38)36-15-27(16-36)13-35(14-27)22-10-23(40-3)20(31)9-19(22)30/h4-5,8-10H,6-7,11-16H2,1-3H3. The molecule has 0 unspecified atom stereocenters. The fourth-order valence-corrected chi connectivity index (χ4v) is 6.85. The lowest BCUT2D eigenvalue weighted by Gasteiger charge is -2.61. The number of benzene rings is 2. The third-order valence-electron chi connectivity index (χ3n) is 8.77. The monoisotopic (exact) mass is 569 g/mol. The van der Waals surface area contributed by atoms with Crippen LogP contribution in [0.5, 0.6) is 5.75 Å². The maximum Gasteiger partial charge on any atom is 0.242 e. The molecule has 1 saturated carbocycles. The summed E-state index contributed by atoms with van der Waals surface area (Å²) in [6.45, 7) is 3.90. The smallest absolute Gasteiger partial charge is 0.242 e. The molecule has 9 nitrogen and oxygen atoms in total. The van der Waals surface area contributed by atoms with E-state index < -0.39 is 17.2 Å². The van der Waals surface area contributed by atoms with Crippen molar-refractivity contribution in [3.63, 3.8) is 0 Å². The molecule has 12 heteroatoms. The van der Waals surface area contributed by atoms with Crippen molar-refractivity contribution in [1.29, 1.82) is 0 Å². The lowest BCUT2D eigenvalue weighted by Crippen LogP contribution is -2.73. The number of halogens is 3. The van der Waals surface area contributed by atoms with Gasteiger partial charge >= 0.3 is 0 Å². The van der Waals surface area contributed by atoms with E-state index in [1.54, 1.807) is 19.0 Å². The van der Waals surface area contributed by atoms with Gasteiger partial charge in [-0.25, -0.2) is 8.78 Å². The minimum absolute atomic E-state index is 0.00372. The number of amides is 1. The van der Waals surface area contributed by atoms with E-state index in [4.69, 9.17) is 16.3 Å². The molecule has 0 atom stereocenters. The van der Waals surface area contributed by atoms with E-state index in [0.29, 0.717) is 36.9 Å². The Kier molecular flexibility index (Phi) is 5.60. The van der Waals surface area contributed by atoms with Gasteiger partial charge in [-0.1, -0.05) is 11.6 Å². The molecule has 7 rings (SSSR count). The van der Waals surface area contributed by atoms with Gasteiger partial charge in [0.2, 0.25) is 11.9 Å². The Morgan fingerprint density at radius 2 is 1.70 bits per heavy atom. The van der Waals surface area contributed by atoms with Crippen molar-refractivity contribution >= 4 is 29.1 Å². The lowest BCUT2D eigenvalue weighted by atomic mass is 9.72. The van der Waals surface area contributed by atoms with Crippen molar-refractivity contribution in [2.75, 3.05) is 57.2 Å². The van der Waals surface area contributed by atoms with Gasteiger partial charge in [0.05, 0.1) is 25.0 Å². The highest BCUT2D eigenvalue weighted by Crippen LogP contribution is 2.48. The molecule has 1 aromatic heterocycles. The molecular formula is C28H30ClF2N7O2. The Balaban J connectivity index is 1.14. The molecule has 0 radical (unpaired) electrons. The summed E-state index contributed by atoms with van der Waals surface area (Å²) in [5.74, 6) is 0.382. The second kappa shape index (κ2) is 8.78. The topological polar surface area (TPSA) is 70.0 Å². The average Bonchev–Trinajstić information content (AvgIpc) is 3.61. The summed E-state index contributed by atoms with van der Waals surface area (Å²) in [7, 11) is 4.97.